The molecule has 72 valence electrons. The molecule has 3 N–H and O–H groups in total. The second-order valence-electron chi connectivity index (χ2n) is 2.56. The molecule has 0 radical (unpaired) electrons. The van der Waals surface area contributed by atoms with Crippen LogP contribution in [0.2, 0.25) is 0 Å². The van der Waals surface area contributed by atoms with Crippen molar-refractivity contribution in [3.05, 3.63) is 29.6 Å². The van der Waals surface area contributed by atoms with Crippen molar-refractivity contribution in [2.45, 2.75) is 12.5 Å². The highest BCUT2D eigenvalue weighted by Gasteiger charge is 2.20. The van der Waals surface area contributed by atoms with E-state index >= 15 is 0 Å². The summed E-state index contributed by atoms with van der Waals surface area (Å²) < 4.78 is 36.7. The van der Waals surface area contributed by atoms with Crippen molar-refractivity contribution in [3.63, 3.8) is 0 Å². The van der Waals surface area contributed by atoms with Crippen LogP contribution >= 0.6 is 0 Å². The average Bonchev–Trinajstić information content (AvgIpc) is 2.08. The number of aromatic hydroxyl groups is 1. The summed E-state index contributed by atoms with van der Waals surface area (Å²) in [5, 5.41) is 9.07. The Bertz CT molecular complexity index is 303. The second-order valence-corrected chi connectivity index (χ2v) is 2.56. The second kappa shape index (κ2) is 3.66. The monoisotopic (exact) mass is 191 g/mol. The molecule has 0 fully saturated rings. The predicted molar refractivity (Wildman–Crippen MR) is 41.0 cm³/mol. The maximum absolute atomic E-state index is 12.6. The summed E-state index contributed by atoms with van der Waals surface area (Å²) in [4.78, 5) is 0. The van der Waals surface area contributed by atoms with Crippen LogP contribution in [0.4, 0.5) is 13.2 Å². The van der Waals surface area contributed by atoms with Crippen LogP contribution in [0.5, 0.6) is 5.75 Å². The zero-order chi connectivity index (χ0) is 10.0. The van der Waals surface area contributed by atoms with Gasteiger partial charge in [-0.3, -0.25) is 0 Å². The van der Waals surface area contributed by atoms with E-state index in [1.54, 1.807) is 0 Å². The van der Waals surface area contributed by atoms with Crippen molar-refractivity contribution in [2.24, 2.45) is 5.73 Å². The van der Waals surface area contributed by atoms with Crippen LogP contribution < -0.4 is 5.73 Å². The van der Waals surface area contributed by atoms with Crippen molar-refractivity contribution in [1.82, 2.24) is 0 Å². The molecule has 0 amide bonds. The van der Waals surface area contributed by atoms with E-state index in [9.17, 15) is 13.2 Å². The minimum Gasteiger partial charge on any atom is -0.508 e. The summed E-state index contributed by atoms with van der Waals surface area (Å²) in [5.74, 6) is -1.13. The van der Waals surface area contributed by atoms with E-state index in [1.807, 2.05) is 0 Å². The number of phenols is 1. The van der Waals surface area contributed by atoms with Crippen molar-refractivity contribution < 1.29 is 18.3 Å². The van der Waals surface area contributed by atoms with Gasteiger partial charge in [0.05, 0.1) is 6.04 Å². The van der Waals surface area contributed by atoms with E-state index in [0.29, 0.717) is 0 Å². The molecule has 13 heavy (non-hydrogen) atoms. The predicted octanol–water partition coefficient (Wildman–Crippen LogP) is 1.80. The van der Waals surface area contributed by atoms with E-state index in [-0.39, 0.29) is 5.56 Å². The highest BCUT2D eigenvalue weighted by Crippen LogP contribution is 2.27. The van der Waals surface area contributed by atoms with Crippen LogP contribution in [-0.4, -0.2) is 11.5 Å². The van der Waals surface area contributed by atoms with Gasteiger partial charge in [-0.25, -0.2) is 13.2 Å². The molecule has 0 aliphatic heterocycles. The number of phenolic OH excluding ortho intramolecular Hbond substituents is 1. The molecule has 0 aliphatic carbocycles. The van der Waals surface area contributed by atoms with Gasteiger partial charge in [-0.2, -0.15) is 0 Å². The van der Waals surface area contributed by atoms with Crippen LogP contribution in [0.15, 0.2) is 18.2 Å². The largest absolute Gasteiger partial charge is 0.508 e. The Morgan fingerprint density at radius 2 is 1.92 bits per heavy atom. The highest BCUT2D eigenvalue weighted by atomic mass is 19.3. The van der Waals surface area contributed by atoms with Crippen molar-refractivity contribution in [1.29, 1.82) is 0 Å². The Kier molecular flexibility index (Phi) is 2.77. The van der Waals surface area contributed by atoms with Gasteiger partial charge < -0.3 is 10.8 Å². The summed E-state index contributed by atoms with van der Waals surface area (Å²) in [6, 6.07) is 1.10. The van der Waals surface area contributed by atoms with Gasteiger partial charge >= 0.3 is 0 Å². The number of benzene rings is 1. The first-order chi connectivity index (χ1) is 6.02. The summed E-state index contributed by atoms with van der Waals surface area (Å²) in [5.41, 5.74) is 4.75. The standard InChI is InChI=1S/C8H8F3NO/c9-4-1-2-6(13)5(3-4)7(12)8(10)11/h1-3,7-8,13H,12H2/t7-/m1/s1. The number of rotatable bonds is 2. The molecular formula is C8H8F3NO. The molecule has 1 rings (SSSR count). The normalized spacial score (nSPS) is 13.3. The van der Waals surface area contributed by atoms with Gasteiger partial charge in [0.25, 0.3) is 6.43 Å². The Hall–Kier alpha value is -1.23. The van der Waals surface area contributed by atoms with Gasteiger partial charge in [-0.1, -0.05) is 0 Å². The Labute approximate surface area is 72.8 Å². The third kappa shape index (κ3) is 2.12. The number of alkyl halides is 2. The molecule has 2 nitrogen and oxygen atoms in total. The van der Waals surface area contributed by atoms with E-state index in [0.717, 1.165) is 18.2 Å². The number of hydrogen-bond acceptors (Lipinski definition) is 2. The molecule has 0 heterocycles. The Balaban J connectivity index is 3.05. The van der Waals surface area contributed by atoms with Gasteiger partial charge in [0.15, 0.2) is 0 Å². The topological polar surface area (TPSA) is 46.2 Å². The molecule has 0 unspecified atom stereocenters. The van der Waals surface area contributed by atoms with Crippen LogP contribution in [0, 0.1) is 5.82 Å². The zero-order valence-electron chi connectivity index (χ0n) is 6.55. The summed E-state index contributed by atoms with van der Waals surface area (Å²) in [6.45, 7) is 0. The first-order valence-electron chi connectivity index (χ1n) is 3.54. The SMILES string of the molecule is N[C@H](c1cc(F)ccc1O)C(F)F. The Morgan fingerprint density at radius 3 is 2.46 bits per heavy atom. The first kappa shape index (κ1) is 9.85. The van der Waals surface area contributed by atoms with E-state index in [2.05, 4.69) is 0 Å². The van der Waals surface area contributed by atoms with Gasteiger partial charge in [-0.05, 0) is 18.2 Å². The van der Waals surface area contributed by atoms with Gasteiger partial charge in [-0.15, -0.1) is 0 Å². The van der Waals surface area contributed by atoms with Gasteiger partial charge in [0.2, 0.25) is 0 Å². The van der Waals surface area contributed by atoms with Gasteiger partial charge in [0.1, 0.15) is 11.6 Å². The van der Waals surface area contributed by atoms with Crippen LogP contribution in [0.1, 0.15) is 11.6 Å². The summed E-state index contributed by atoms with van der Waals surface area (Å²) in [6.07, 6.45) is -2.83. The maximum Gasteiger partial charge on any atom is 0.257 e. The fraction of sp³-hybridized carbons (Fsp3) is 0.250. The minimum atomic E-state index is -2.83. The average molecular weight is 191 g/mol. The van der Waals surface area contributed by atoms with E-state index in [4.69, 9.17) is 10.8 Å². The third-order valence-electron chi connectivity index (χ3n) is 1.62. The lowest BCUT2D eigenvalue weighted by Gasteiger charge is -2.12. The smallest absolute Gasteiger partial charge is 0.257 e. The quantitative estimate of drug-likeness (QED) is 0.748. The fourth-order valence-electron chi connectivity index (χ4n) is 0.928. The fourth-order valence-corrected chi connectivity index (χ4v) is 0.928. The van der Waals surface area contributed by atoms with Crippen molar-refractivity contribution >= 4 is 0 Å². The first-order valence-corrected chi connectivity index (χ1v) is 3.54. The maximum atomic E-state index is 12.6. The minimum absolute atomic E-state index is 0.282. The highest BCUT2D eigenvalue weighted by molar-refractivity contribution is 5.35. The molecule has 0 saturated heterocycles. The molecule has 5 heteroatoms. The molecule has 0 aromatic heterocycles. The van der Waals surface area contributed by atoms with E-state index < -0.39 is 24.0 Å². The zero-order valence-corrected chi connectivity index (χ0v) is 6.55. The Morgan fingerprint density at radius 1 is 1.31 bits per heavy atom. The lowest BCUT2D eigenvalue weighted by atomic mass is 10.1. The van der Waals surface area contributed by atoms with Crippen molar-refractivity contribution in [3.8, 4) is 5.75 Å². The molecule has 1 aromatic carbocycles. The van der Waals surface area contributed by atoms with Crippen LogP contribution in [0.25, 0.3) is 0 Å². The summed E-state index contributed by atoms with van der Waals surface area (Å²) >= 11 is 0. The molecule has 0 bridgehead atoms. The molecule has 1 atom stereocenters. The lowest BCUT2D eigenvalue weighted by molar-refractivity contribution is 0.115. The van der Waals surface area contributed by atoms with Crippen LogP contribution in [0.3, 0.4) is 0 Å². The summed E-state index contributed by atoms with van der Waals surface area (Å²) in [7, 11) is 0. The molecule has 1 aromatic rings. The molecule has 0 saturated carbocycles. The number of nitrogens with two attached hydrogens (primary N) is 1. The van der Waals surface area contributed by atoms with Crippen molar-refractivity contribution in [2.75, 3.05) is 0 Å². The molecular weight excluding hydrogens is 183 g/mol. The van der Waals surface area contributed by atoms with Crippen LogP contribution in [-0.2, 0) is 0 Å². The third-order valence-corrected chi connectivity index (χ3v) is 1.62. The molecule has 0 aliphatic rings. The van der Waals surface area contributed by atoms with E-state index in [1.165, 1.54) is 0 Å². The number of hydrogen-bond donors (Lipinski definition) is 2. The number of halogens is 3. The lowest BCUT2D eigenvalue weighted by Crippen LogP contribution is -2.19. The molecule has 0 spiro atoms. The van der Waals surface area contributed by atoms with Gasteiger partial charge in [0, 0.05) is 5.56 Å².